The van der Waals surface area contributed by atoms with Crippen LogP contribution in [0.3, 0.4) is 0 Å². The minimum Gasteiger partial charge on any atom is -0.464 e. The number of hydrogen-bond acceptors (Lipinski definition) is 4. The largest absolute Gasteiger partial charge is 0.464 e. The molecule has 0 saturated heterocycles. The van der Waals surface area contributed by atoms with Crippen molar-refractivity contribution in [3.05, 3.63) is 58.0 Å². The molecular weight excluding hydrogens is 232 g/mol. The van der Waals surface area contributed by atoms with Crippen LogP contribution in [-0.2, 0) is 0 Å². The summed E-state index contributed by atoms with van der Waals surface area (Å²) in [5.74, 6) is 1.65. The fourth-order valence-electron chi connectivity index (χ4n) is 1.72. The van der Waals surface area contributed by atoms with Gasteiger partial charge in [0.1, 0.15) is 11.5 Å². The molecule has 0 saturated carbocycles. The summed E-state index contributed by atoms with van der Waals surface area (Å²) in [6.45, 7) is 3.82. The lowest BCUT2D eigenvalue weighted by Crippen LogP contribution is -2.05. The number of aryl methyl sites for hydroxylation is 1. The molecule has 1 N–H and O–H groups in total. The highest BCUT2D eigenvalue weighted by atomic mass is 16.6. The van der Waals surface area contributed by atoms with Crippen LogP contribution in [0.1, 0.15) is 24.5 Å². The van der Waals surface area contributed by atoms with Crippen molar-refractivity contribution in [1.29, 1.82) is 0 Å². The van der Waals surface area contributed by atoms with Gasteiger partial charge in [-0.25, -0.2) is 0 Å². The average molecular weight is 246 g/mol. The van der Waals surface area contributed by atoms with Crippen LogP contribution in [0.2, 0.25) is 0 Å². The highest BCUT2D eigenvalue weighted by molar-refractivity contribution is 5.51. The lowest BCUT2D eigenvalue weighted by Gasteiger charge is -2.12. The fourth-order valence-corrected chi connectivity index (χ4v) is 1.72. The Morgan fingerprint density at radius 3 is 2.72 bits per heavy atom. The van der Waals surface area contributed by atoms with Crippen molar-refractivity contribution in [3.63, 3.8) is 0 Å². The van der Waals surface area contributed by atoms with Gasteiger partial charge in [-0.15, -0.1) is 0 Å². The zero-order valence-corrected chi connectivity index (χ0v) is 10.2. The van der Waals surface area contributed by atoms with Gasteiger partial charge >= 0.3 is 0 Å². The minimum atomic E-state index is -0.410. The Labute approximate surface area is 105 Å². The third kappa shape index (κ3) is 2.68. The van der Waals surface area contributed by atoms with E-state index in [2.05, 4.69) is 5.32 Å². The number of hydrogen-bond donors (Lipinski definition) is 1. The van der Waals surface area contributed by atoms with Crippen LogP contribution in [-0.4, -0.2) is 4.92 Å². The van der Waals surface area contributed by atoms with E-state index in [1.165, 1.54) is 12.1 Å². The van der Waals surface area contributed by atoms with Crippen molar-refractivity contribution >= 4 is 11.4 Å². The molecule has 5 heteroatoms. The van der Waals surface area contributed by atoms with E-state index in [1.807, 2.05) is 26.0 Å². The van der Waals surface area contributed by atoms with Gasteiger partial charge in [-0.1, -0.05) is 6.07 Å². The van der Waals surface area contributed by atoms with E-state index in [9.17, 15) is 10.1 Å². The smallest absolute Gasteiger partial charge is 0.271 e. The molecule has 0 aliphatic carbocycles. The zero-order chi connectivity index (χ0) is 13.1. The summed E-state index contributed by atoms with van der Waals surface area (Å²) in [7, 11) is 0. The Balaban J connectivity index is 2.14. The van der Waals surface area contributed by atoms with E-state index in [1.54, 1.807) is 12.1 Å². The Kier molecular flexibility index (Phi) is 3.32. The maximum Gasteiger partial charge on any atom is 0.271 e. The van der Waals surface area contributed by atoms with Crippen LogP contribution in [0.4, 0.5) is 11.4 Å². The molecule has 5 nitrogen and oxygen atoms in total. The number of nitro groups is 1. The van der Waals surface area contributed by atoms with E-state index >= 15 is 0 Å². The SMILES string of the molecule is Cc1ccc(C(C)Nc2cccc([N+](=O)[O-])c2)o1. The second kappa shape index (κ2) is 4.91. The van der Waals surface area contributed by atoms with Crippen molar-refractivity contribution < 1.29 is 9.34 Å². The molecule has 1 aromatic carbocycles. The minimum absolute atomic E-state index is 0.0410. The van der Waals surface area contributed by atoms with Gasteiger partial charge < -0.3 is 9.73 Å². The van der Waals surface area contributed by atoms with Gasteiger partial charge in [0.2, 0.25) is 0 Å². The van der Waals surface area contributed by atoms with E-state index in [0.29, 0.717) is 5.69 Å². The van der Waals surface area contributed by atoms with Gasteiger partial charge in [0.05, 0.1) is 11.0 Å². The molecule has 0 spiro atoms. The second-order valence-electron chi connectivity index (χ2n) is 4.12. The summed E-state index contributed by atoms with van der Waals surface area (Å²) >= 11 is 0. The van der Waals surface area contributed by atoms with Crippen LogP contribution < -0.4 is 5.32 Å². The molecule has 1 heterocycles. The lowest BCUT2D eigenvalue weighted by molar-refractivity contribution is -0.384. The predicted octanol–water partition coefficient (Wildman–Crippen LogP) is 3.67. The molecule has 0 aliphatic heterocycles. The second-order valence-corrected chi connectivity index (χ2v) is 4.12. The first-order chi connectivity index (χ1) is 8.56. The first-order valence-corrected chi connectivity index (χ1v) is 5.63. The van der Waals surface area contributed by atoms with Gasteiger partial charge in [0.25, 0.3) is 5.69 Å². The van der Waals surface area contributed by atoms with Gasteiger partial charge in [0.15, 0.2) is 0 Å². The van der Waals surface area contributed by atoms with Crippen LogP contribution >= 0.6 is 0 Å². The first-order valence-electron chi connectivity index (χ1n) is 5.63. The van der Waals surface area contributed by atoms with Crippen molar-refractivity contribution in [2.45, 2.75) is 19.9 Å². The first kappa shape index (κ1) is 12.2. The summed E-state index contributed by atoms with van der Waals surface area (Å²) in [4.78, 5) is 10.3. The Morgan fingerprint density at radius 2 is 2.11 bits per heavy atom. The molecule has 0 fully saturated rings. The maximum absolute atomic E-state index is 10.7. The van der Waals surface area contributed by atoms with Gasteiger partial charge in [0, 0.05) is 17.8 Å². The van der Waals surface area contributed by atoms with Gasteiger partial charge in [-0.2, -0.15) is 0 Å². The molecule has 18 heavy (non-hydrogen) atoms. The molecule has 1 atom stereocenters. The number of nitrogens with one attached hydrogen (secondary N) is 1. The van der Waals surface area contributed by atoms with Crippen molar-refractivity contribution in [2.24, 2.45) is 0 Å². The predicted molar refractivity (Wildman–Crippen MR) is 68.6 cm³/mol. The van der Waals surface area contributed by atoms with Crippen LogP contribution in [0.5, 0.6) is 0 Å². The van der Waals surface area contributed by atoms with E-state index < -0.39 is 4.92 Å². The summed E-state index contributed by atoms with van der Waals surface area (Å²) in [5, 5.41) is 13.8. The average Bonchev–Trinajstić information content (AvgIpc) is 2.76. The number of furan rings is 1. The summed E-state index contributed by atoms with van der Waals surface area (Å²) in [5.41, 5.74) is 0.772. The molecule has 1 aromatic heterocycles. The van der Waals surface area contributed by atoms with Crippen LogP contribution in [0, 0.1) is 17.0 Å². The van der Waals surface area contributed by atoms with Crippen molar-refractivity contribution in [2.75, 3.05) is 5.32 Å². The van der Waals surface area contributed by atoms with Crippen LogP contribution in [0.15, 0.2) is 40.8 Å². The van der Waals surface area contributed by atoms with E-state index in [4.69, 9.17) is 4.42 Å². The molecule has 2 rings (SSSR count). The molecule has 0 bridgehead atoms. The van der Waals surface area contributed by atoms with E-state index in [0.717, 1.165) is 11.5 Å². The number of anilines is 1. The summed E-state index contributed by atoms with van der Waals surface area (Å²) < 4.78 is 5.50. The highest BCUT2D eigenvalue weighted by Gasteiger charge is 2.11. The van der Waals surface area contributed by atoms with Crippen molar-refractivity contribution in [1.82, 2.24) is 0 Å². The third-order valence-corrected chi connectivity index (χ3v) is 2.63. The number of rotatable bonds is 4. The number of benzene rings is 1. The molecule has 0 aliphatic rings. The number of nitro benzene ring substituents is 1. The topological polar surface area (TPSA) is 68.3 Å². The lowest BCUT2D eigenvalue weighted by atomic mass is 10.2. The van der Waals surface area contributed by atoms with Crippen LogP contribution in [0.25, 0.3) is 0 Å². The standard InChI is InChI=1S/C13H14N2O3/c1-9-6-7-13(18-9)10(2)14-11-4-3-5-12(8-11)15(16)17/h3-8,10,14H,1-2H3. The summed E-state index contributed by atoms with van der Waals surface area (Å²) in [6, 6.07) is 10.2. The van der Waals surface area contributed by atoms with Gasteiger partial charge in [-0.05, 0) is 32.0 Å². The number of non-ortho nitro benzene ring substituents is 1. The third-order valence-electron chi connectivity index (χ3n) is 2.63. The Bertz CT molecular complexity index is 563. The summed E-state index contributed by atoms with van der Waals surface area (Å²) in [6.07, 6.45) is 0. The zero-order valence-electron chi connectivity index (χ0n) is 10.2. The van der Waals surface area contributed by atoms with Gasteiger partial charge in [-0.3, -0.25) is 10.1 Å². The molecule has 0 radical (unpaired) electrons. The highest BCUT2D eigenvalue weighted by Crippen LogP contribution is 2.23. The normalized spacial score (nSPS) is 12.1. The quantitative estimate of drug-likeness (QED) is 0.660. The molecule has 0 amide bonds. The van der Waals surface area contributed by atoms with Crippen molar-refractivity contribution in [3.8, 4) is 0 Å². The molecular formula is C13H14N2O3. The van der Waals surface area contributed by atoms with E-state index in [-0.39, 0.29) is 11.7 Å². The molecule has 1 unspecified atom stereocenters. The molecule has 2 aromatic rings. The monoisotopic (exact) mass is 246 g/mol. The Hall–Kier alpha value is -2.30. The number of nitrogens with zero attached hydrogens (tertiary/aromatic N) is 1. The maximum atomic E-state index is 10.7. The Morgan fingerprint density at radius 1 is 1.33 bits per heavy atom. The molecule has 94 valence electrons. The fraction of sp³-hybridized carbons (Fsp3) is 0.231.